The fourth-order valence-electron chi connectivity index (χ4n) is 2.49. The van der Waals surface area contributed by atoms with Crippen LogP contribution >= 0.6 is 0 Å². The highest BCUT2D eigenvalue weighted by Crippen LogP contribution is 2.28. The van der Waals surface area contributed by atoms with Gasteiger partial charge in [0.2, 0.25) is 0 Å². The molecule has 1 heterocycles. The maximum absolute atomic E-state index is 12.2. The van der Waals surface area contributed by atoms with Gasteiger partial charge in [0.05, 0.1) is 20.8 Å². The molecular formula is C21H19NO5. The van der Waals surface area contributed by atoms with E-state index in [1.165, 1.54) is 0 Å². The summed E-state index contributed by atoms with van der Waals surface area (Å²) in [6, 6.07) is 14.5. The summed E-state index contributed by atoms with van der Waals surface area (Å²) in [6.07, 6.45) is 0. The number of furan rings is 1. The van der Waals surface area contributed by atoms with E-state index in [2.05, 4.69) is 17.2 Å². The fraction of sp³-hybridized carbons (Fsp3) is 0.190. The van der Waals surface area contributed by atoms with Crippen LogP contribution in [0.2, 0.25) is 0 Å². The fourth-order valence-corrected chi connectivity index (χ4v) is 2.49. The van der Waals surface area contributed by atoms with E-state index in [9.17, 15) is 4.79 Å². The summed E-state index contributed by atoms with van der Waals surface area (Å²) in [5.41, 5.74) is 0.543. The minimum Gasteiger partial charge on any atom is -0.493 e. The van der Waals surface area contributed by atoms with E-state index in [1.807, 2.05) is 30.3 Å². The first-order valence-electron chi connectivity index (χ1n) is 8.29. The summed E-state index contributed by atoms with van der Waals surface area (Å²) >= 11 is 0. The molecule has 1 amide bonds. The summed E-state index contributed by atoms with van der Waals surface area (Å²) in [7, 11) is 3.14. The SMILES string of the molecule is COc1ccccc1OCC#CCNC(=O)c1cc2cccc(OC)c2o1. The molecule has 6 heteroatoms. The largest absolute Gasteiger partial charge is 0.493 e. The molecule has 0 saturated heterocycles. The third-order valence-corrected chi connectivity index (χ3v) is 3.78. The Morgan fingerprint density at radius 2 is 1.74 bits per heavy atom. The van der Waals surface area contributed by atoms with Gasteiger partial charge in [0.1, 0.15) is 6.61 Å². The first-order chi connectivity index (χ1) is 13.2. The number of nitrogens with one attached hydrogen (secondary N) is 1. The van der Waals surface area contributed by atoms with Crippen LogP contribution in [0, 0.1) is 11.8 Å². The zero-order chi connectivity index (χ0) is 19.1. The van der Waals surface area contributed by atoms with Crippen molar-refractivity contribution in [3.05, 3.63) is 54.3 Å². The summed E-state index contributed by atoms with van der Waals surface area (Å²) < 4.78 is 21.6. The number of rotatable bonds is 6. The predicted molar refractivity (Wildman–Crippen MR) is 101 cm³/mol. The Morgan fingerprint density at radius 3 is 2.52 bits per heavy atom. The lowest BCUT2D eigenvalue weighted by Gasteiger charge is -2.07. The van der Waals surface area contributed by atoms with Crippen molar-refractivity contribution < 1.29 is 23.4 Å². The van der Waals surface area contributed by atoms with Crippen LogP contribution in [-0.4, -0.2) is 33.3 Å². The van der Waals surface area contributed by atoms with E-state index in [-0.39, 0.29) is 24.8 Å². The zero-order valence-electron chi connectivity index (χ0n) is 15.1. The smallest absolute Gasteiger partial charge is 0.287 e. The van der Waals surface area contributed by atoms with Crippen molar-refractivity contribution in [2.45, 2.75) is 0 Å². The van der Waals surface area contributed by atoms with Gasteiger partial charge in [0.15, 0.2) is 28.6 Å². The number of benzene rings is 2. The maximum atomic E-state index is 12.2. The van der Waals surface area contributed by atoms with E-state index in [0.717, 1.165) is 5.39 Å². The first kappa shape index (κ1) is 18.2. The first-order valence-corrected chi connectivity index (χ1v) is 8.29. The van der Waals surface area contributed by atoms with Gasteiger partial charge >= 0.3 is 0 Å². The second-order valence-electron chi connectivity index (χ2n) is 5.47. The highest BCUT2D eigenvalue weighted by Gasteiger charge is 2.13. The molecule has 1 N–H and O–H groups in total. The molecule has 0 aliphatic heterocycles. The number of carbonyl (C=O) groups is 1. The number of methoxy groups -OCH3 is 2. The van der Waals surface area contributed by atoms with Crippen LogP contribution in [0.5, 0.6) is 17.2 Å². The molecule has 0 aliphatic carbocycles. The summed E-state index contributed by atoms with van der Waals surface area (Å²) in [5, 5.41) is 3.49. The molecule has 138 valence electrons. The molecule has 1 aromatic heterocycles. The second kappa shape index (κ2) is 8.68. The Kier molecular flexibility index (Phi) is 5.85. The highest BCUT2D eigenvalue weighted by atomic mass is 16.5. The van der Waals surface area contributed by atoms with Gasteiger partial charge in [-0.15, -0.1) is 0 Å². The van der Waals surface area contributed by atoms with E-state index >= 15 is 0 Å². The van der Waals surface area contributed by atoms with Crippen molar-refractivity contribution >= 4 is 16.9 Å². The number of carbonyl (C=O) groups excluding carboxylic acids is 1. The molecule has 27 heavy (non-hydrogen) atoms. The number of amides is 1. The summed E-state index contributed by atoms with van der Waals surface area (Å²) in [6.45, 7) is 0.375. The molecule has 0 saturated carbocycles. The van der Waals surface area contributed by atoms with Crippen LogP contribution in [0.1, 0.15) is 10.6 Å². The minimum atomic E-state index is -0.340. The molecule has 3 rings (SSSR count). The molecule has 6 nitrogen and oxygen atoms in total. The van der Waals surface area contributed by atoms with Crippen LogP contribution < -0.4 is 19.5 Å². The van der Waals surface area contributed by atoms with Gasteiger partial charge < -0.3 is 23.9 Å². The molecule has 0 fully saturated rings. The Balaban J connectivity index is 1.52. The monoisotopic (exact) mass is 365 g/mol. The Labute approximate surface area is 157 Å². The molecule has 0 aliphatic rings. The summed E-state index contributed by atoms with van der Waals surface area (Å²) in [4.78, 5) is 12.2. The molecule has 0 spiro atoms. The van der Waals surface area contributed by atoms with Crippen LogP contribution in [-0.2, 0) is 0 Å². The van der Waals surface area contributed by atoms with E-state index in [0.29, 0.717) is 22.8 Å². The molecule has 0 bridgehead atoms. The van der Waals surface area contributed by atoms with Gasteiger partial charge in [0, 0.05) is 5.39 Å². The lowest BCUT2D eigenvalue weighted by Crippen LogP contribution is -2.23. The third kappa shape index (κ3) is 4.33. The van der Waals surface area contributed by atoms with E-state index in [4.69, 9.17) is 18.6 Å². The van der Waals surface area contributed by atoms with Gasteiger partial charge in [-0.1, -0.05) is 36.1 Å². The standard InChI is InChI=1S/C21H19NO5/c1-24-16-9-3-4-10-17(16)26-13-6-5-12-22-21(23)19-14-15-8-7-11-18(25-2)20(15)27-19/h3-4,7-11,14H,12-13H2,1-2H3,(H,22,23). The Bertz CT molecular complexity index is 996. The lowest BCUT2D eigenvalue weighted by atomic mass is 10.2. The normalized spacial score (nSPS) is 10.0. The van der Waals surface area contributed by atoms with Crippen molar-refractivity contribution in [2.75, 3.05) is 27.4 Å². The Hall–Kier alpha value is -3.59. The van der Waals surface area contributed by atoms with Gasteiger partial charge in [-0.3, -0.25) is 4.79 Å². The van der Waals surface area contributed by atoms with Crippen molar-refractivity contribution in [3.8, 4) is 29.1 Å². The predicted octanol–water partition coefficient (Wildman–Crippen LogP) is 3.26. The molecule has 0 atom stereocenters. The van der Waals surface area contributed by atoms with Crippen LogP contribution in [0.4, 0.5) is 0 Å². The van der Waals surface area contributed by atoms with Crippen molar-refractivity contribution in [3.63, 3.8) is 0 Å². The van der Waals surface area contributed by atoms with Crippen molar-refractivity contribution in [2.24, 2.45) is 0 Å². The molecule has 2 aromatic carbocycles. The average Bonchev–Trinajstić information content (AvgIpc) is 3.15. The third-order valence-electron chi connectivity index (χ3n) is 3.78. The topological polar surface area (TPSA) is 69.9 Å². The lowest BCUT2D eigenvalue weighted by molar-refractivity contribution is 0.0933. The van der Waals surface area contributed by atoms with Crippen LogP contribution in [0.15, 0.2) is 52.9 Å². The van der Waals surface area contributed by atoms with Gasteiger partial charge in [0.25, 0.3) is 5.91 Å². The van der Waals surface area contributed by atoms with Gasteiger partial charge in [-0.05, 0) is 24.3 Å². The maximum Gasteiger partial charge on any atom is 0.287 e. The summed E-state index contributed by atoms with van der Waals surface area (Å²) in [5.74, 6) is 7.40. The molecule has 3 aromatic rings. The molecule has 0 unspecified atom stereocenters. The Morgan fingerprint density at radius 1 is 1.00 bits per heavy atom. The number of hydrogen-bond donors (Lipinski definition) is 1. The van der Waals surface area contributed by atoms with Crippen LogP contribution in [0.3, 0.4) is 0 Å². The minimum absolute atomic E-state index is 0.183. The second-order valence-corrected chi connectivity index (χ2v) is 5.47. The number of fused-ring (bicyclic) bond motifs is 1. The highest BCUT2D eigenvalue weighted by molar-refractivity contribution is 5.97. The molecular weight excluding hydrogens is 346 g/mol. The average molecular weight is 365 g/mol. The number of para-hydroxylation sites is 3. The van der Waals surface area contributed by atoms with Crippen LogP contribution in [0.25, 0.3) is 11.0 Å². The van der Waals surface area contributed by atoms with E-state index < -0.39 is 0 Å². The van der Waals surface area contributed by atoms with E-state index in [1.54, 1.807) is 32.4 Å². The van der Waals surface area contributed by atoms with Crippen molar-refractivity contribution in [1.29, 1.82) is 0 Å². The van der Waals surface area contributed by atoms with Gasteiger partial charge in [-0.25, -0.2) is 0 Å². The number of ether oxygens (including phenoxy) is 3. The molecule has 0 radical (unpaired) electrons. The quantitative estimate of drug-likeness (QED) is 0.679. The van der Waals surface area contributed by atoms with Crippen molar-refractivity contribution in [1.82, 2.24) is 5.32 Å². The zero-order valence-corrected chi connectivity index (χ0v) is 15.1. The van der Waals surface area contributed by atoms with Gasteiger partial charge in [-0.2, -0.15) is 0 Å². The number of hydrogen-bond acceptors (Lipinski definition) is 5.